The summed E-state index contributed by atoms with van der Waals surface area (Å²) in [5, 5.41) is 0. The number of carbonyl (C=O) groups is 1. The Morgan fingerprint density at radius 1 is 1.28 bits per heavy atom. The van der Waals surface area contributed by atoms with Crippen LogP contribution in [0.4, 0.5) is 4.79 Å². The molecule has 3 nitrogen and oxygen atoms in total. The molecule has 1 amide bonds. The first-order chi connectivity index (χ1) is 8.55. The highest BCUT2D eigenvalue weighted by Gasteiger charge is 2.43. The molecule has 0 aromatic heterocycles. The van der Waals surface area contributed by atoms with Crippen molar-refractivity contribution in [3.63, 3.8) is 0 Å². The van der Waals surface area contributed by atoms with E-state index in [2.05, 4.69) is 6.92 Å². The summed E-state index contributed by atoms with van der Waals surface area (Å²) in [6.45, 7) is 6.81. The zero-order valence-corrected chi connectivity index (χ0v) is 11.1. The van der Waals surface area contributed by atoms with Crippen LogP contribution in [0.25, 0.3) is 6.08 Å². The minimum absolute atomic E-state index is 0.246. The molecule has 0 atom stereocenters. The van der Waals surface area contributed by atoms with E-state index in [1.165, 1.54) is 0 Å². The Morgan fingerprint density at radius 2 is 1.94 bits per heavy atom. The Balaban J connectivity index is 2.30. The lowest BCUT2D eigenvalue weighted by Crippen LogP contribution is -2.41. The minimum atomic E-state index is -0.372. The molecule has 18 heavy (non-hydrogen) atoms. The van der Waals surface area contributed by atoms with Crippen molar-refractivity contribution in [1.82, 2.24) is 4.90 Å². The SMILES string of the molecule is CCCN1C(=O)O/C(=C\c2ccccc2)C1(C)C. The predicted octanol–water partition coefficient (Wildman–Crippen LogP) is 3.67. The Labute approximate surface area is 108 Å². The van der Waals surface area contributed by atoms with E-state index in [0.29, 0.717) is 5.76 Å². The number of cyclic esters (lactones) is 1. The summed E-state index contributed by atoms with van der Waals surface area (Å²) in [5.74, 6) is 0.715. The van der Waals surface area contributed by atoms with Crippen LogP contribution < -0.4 is 0 Å². The Kier molecular flexibility index (Phi) is 3.41. The van der Waals surface area contributed by atoms with Gasteiger partial charge >= 0.3 is 6.09 Å². The molecule has 0 unspecified atom stereocenters. The van der Waals surface area contributed by atoms with Gasteiger partial charge in [0.05, 0.1) is 5.54 Å². The van der Waals surface area contributed by atoms with Crippen molar-refractivity contribution in [3.05, 3.63) is 41.7 Å². The molecule has 0 bridgehead atoms. The second-order valence-electron chi connectivity index (χ2n) is 5.00. The van der Waals surface area contributed by atoms with Crippen LogP contribution in [0.3, 0.4) is 0 Å². The largest absolute Gasteiger partial charge is 0.415 e. The molecule has 1 aliphatic heterocycles. The van der Waals surface area contributed by atoms with Gasteiger partial charge in [0.1, 0.15) is 5.76 Å². The topological polar surface area (TPSA) is 29.5 Å². The minimum Gasteiger partial charge on any atom is -0.412 e. The maximum Gasteiger partial charge on any atom is 0.415 e. The lowest BCUT2D eigenvalue weighted by atomic mass is 9.99. The maximum atomic E-state index is 11.8. The average molecular weight is 245 g/mol. The molecule has 1 aromatic rings. The second-order valence-corrected chi connectivity index (χ2v) is 5.00. The predicted molar refractivity (Wildman–Crippen MR) is 72.0 cm³/mol. The van der Waals surface area contributed by atoms with Crippen molar-refractivity contribution in [2.75, 3.05) is 6.54 Å². The average Bonchev–Trinajstić information content (AvgIpc) is 2.55. The van der Waals surface area contributed by atoms with Crippen LogP contribution in [0.15, 0.2) is 36.1 Å². The number of rotatable bonds is 3. The van der Waals surface area contributed by atoms with Gasteiger partial charge in [-0.05, 0) is 31.9 Å². The van der Waals surface area contributed by atoms with Crippen LogP contribution in [0, 0.1) is 0 Å². The molecular weight excluding hydrogens is 226 g/mol. The number of benzene rings is 1. The van der Waals surface area contributed by atoms with Gasteiger partial charge in [0.25, 0.3) is 0 Å². The van der Waals surface area contributed by atoms with Crippen LogP contribution in [0.1, 0.15) is 32.8 Å². The molecule has 0 N–H and O–H groups in total. The Bertz CT molecular complexity index is 463. The molecule has 0 spiro atoms. The van der Waals surface area contributed by atoms with Crippen LogP contribution >= 0.6 is 0 Å². The molecule has 1 aliphatic rings. The molecule has 2 rings (SSSR count). The molecular formula is C15H19NO2. The van der Waals surface area contributed by atoms with Crippen molar-refractivity contribution in [2.24, 2.45) is 0 Å². The van der Waals surface area contributed by atoms with E-state index < -0.39 is 0 Å². The quantitative estimate of drug-likeness (QED) is 0.813. The van der Waals surface area contributed by atoms with E-state index in [4.69, 9.17) is 4.74 Å². The van der Waals surface area contributed by atoms with Gasteiger partial charge in [-0.15, -0.1) is 0 Å². The van der Waals surface area contributed by atoms with Crippen molar-refractivity contribution in [3.8, 4) is 0 Å². The standard InChI is InChI=1S/C15H19NO2/c1-4-10-16-14(17)18-13(15(16,2)3)11-12-8-6-5-7-9-12/h5-9,11H,4,10H2,1-3H3/b13-11-. The Morgan fingerprint density at radius 3 is 2.56 bits per heavy atom. The van der Waals surface area contributed by atoms with E-state index in [1.54, 1.807) is 4.90 Å². The first-order valence-electron chi connectivity index (χ1n) is 6.32. The van der Waals surface area contributed by atoms with E-state index in [1.807, 2.05) is 50.3 Å². The van der Waals surface area contributed by atoms with Gasteiger partial charge in [-0.1, -0.05) is 37.3 Å². The van der Waals surface area contributed by atoms with Crippen LogP contribution in [-0.4, -0.2) is 23.1 Å². The fraction of sp³-hybridized carbons (Fsp3) is 0.400. The molecule has 1 heterocycles. The van der Waals surface area contributed by atoms with Crippen LogP contribution in [0.2, 0.25) is 0 Å². The van der Waals surface area contributed by atoms with Crippen LogP contribution in [0.5, 0.6) is 0 Å². The number of hydrogen-bond acceptors (Lipinski definition) is 2. The molecule has 0 aliphatic carbocycles. The van der Waals surface area contributed by atoms with Crippen molar-refractivity contribution < 1.29 is 9.53 Å². The Hall–Kier alpha value is -1.77. The summed E-state index contributed by atoms with van der Waals surface area (Å²) < 4.78 is 5.39. The van der Waals surface area contributed by atoms with Crippen LogP contribution in [-0.2, 0) is 4.74 Å². The van der Waals surface area contributed by atoms with Crippen molar-refractivity contribution >= 4 is 12.2 Å². The third-order valence-corrected chi connectivity index (χ3v) is 3.24. The third kappa shape index (κ3) is 2.26. The van der Waals surface area contributed by atoms with Gasteiger partial charge < -0.3 is 4.74 Å². The van der Waals surface area contributed by atoms with E-state index in [9.17, 15) is 4.79 Å². The van der Waals surface area contributed by atoms with Gasteiger partial charge in [-0.2, -0.15) is 0 Å². The highest BCUT2D eigenvalue weighted by molar-refractivity contribution is 5.76. The zero-order chi connectivity index (χ0) is 13.2. The maximum absolute atomic E-state index is 11.8. The molecule has 0 radical (unpaired) electrons. The smallest absolute Gasteiger partial charge is 0.412 e. The highest BCUT2D eigenvalue weighted by atomic mass is 16.6. The first-order valence-corrected chi connectivity index (χ1v) is 6.32. The molecule has 3 heteroatoms. The normalized spacial score (nSPS) is 20.3. The molecule has 96 valence electrons. The third-order valence-electron chi connectivity index (χ3n) is 3.24. The van der Waals surface area contributed by atoms with Gasteiger partial charge in [0.15, 0.2) is 0 Å². The number of nitrogens with zero attached hydrogens (tertiary/aromatic N) is 1. The van der Waals surface area contributed by atoms with E-state index >= 15 is 0 Å². The summed E-state index contributed by atoms with van der Waals surface area (Å²) in [4.78, 5) is 13.6. The van der Waals surface area contributed by atoms with Gasteiger partial charge in [0, 0.05) is 6.54 Å². The fourth-order valence-electron chi connectivity index (χ4n) is 2.14. The summed E-state index contributed by atoms with van der Waals surface area (Å²) >= 11 is 0. The molecule has 0 saturated carbocycles. The summed E-state index contributed by atoms with van der Waals surface area (Å²) in [6, 6.07) is 9.91. The van der Waals surface area contributed by atoms with Gasteiger partial charge in [-0.3, -0.25) is 4.90 Å². The summed E-state index contributed by atoms with van der Waals surface area (Å²) in [6.07, 6.45) is 2.62. The molecule has 1 saturated heterocycles. The molecule has 1 fully saturated rings. The highest BCUT2D eigenvalue weighted by Crippen LogP contribution is 2.34. The summed E-state index contributed by atoms with van der Waals surface area (Å²) in [7, 11) is 0. The lowest BCUT2D eigenvalue weighted by molar-refractivity contribution is 0.157. The van der Waals surface area contributed by atoms with Gasteiger partial charge in [-0.25, -0.2) is 4.79 Å². The van der Waals surface area contributed by atoms with Gasteiger partial charge in [0.2, 0.25) is 0 Å². The van der Waals surface area contributed by atoms with E-state index in [0.717, 1.165) is 18.5 Å². The number of amides is 1. The second kappa shape index (κ2) is 4.84. The number of carbonyl (C=O) groups excluding carboxylic acids is 1. The monoisotopic (exact) mass is 245 g/mol. The lowest BCUT2D eigenvalue weighted by Gasteiger charge is -2.28. The van der Waals surface area contributed by atoms with Crippen molar-refractivity contribution in [1.29, 1.82) is 0 Å². The first kappa shape index (κ1) is 12.7. The molecule has 1 aromatic carbocycles. The zero-order valence-electron chi connectivity index (χ0n) is 11.1. The number of ether oxygens (including phenoxy) is 1. The number of hydrogen-bond donors (Lipinski definition) is 0. The summed E-state index contributed by atoms with van der Waals surface area (Å²) in [5.41, 5.74) is 0.676. The van der Waals surface area contributed by atoms with E-state index in [-0.39, 0.29) is 11.6 Å². The fourth-order valence-corrected chi connectivity index (χ4v) is 2.14. The van der Waals surface area contributed by atoms with Crippen molar-refractivity contribution in [2.45, 2.75) is 32.7 Å².